The SMILES string of the molecule is C[C@@H]1CC[C@@H](C(C)(C)c2ccccc2)[C@H](OC(=O)/C=C/CCCCC2CCCC2=O)C1. The Bertz CT molecular complexity index is 749. The molecule has 1 aromatic rings. The van der Waals surface area contributed by atoms with Gasteiger partial charge in [-0.15, -0.1) is 0 Å². The van der Waals surface area contributed by atoms with E-state index in [9.17, 15) is 9.59 Å². The zero-order chi connectivity index (χ0) is 22.3. The zero-order valence-electron chi connectivity index (χ0n) is 19.6. The van der Waals surface area contributed by atoms with Crippen molar-refractivity contribution in [2.45, 2.75) is 96.5 Å². The average Bonchev–Trinajstić information content (AvgIpc) is 3.16. The second-order valence-electron chi connectivity index (χ2n) is 10.3. The first-order valence-electron chi connectivity index (χ1n) is 12.3. The van der Waals surface area contributed by atoms with Crippen LogP contribution in [0, 0.1) is 17.8 Å². The molecule has 1 unspecified atom stereocenters. The summed E-state index contributed by atoms with van der Waals surface area (Å²) < 4.78 is 6.01. The third-order valence-electron chi connectivity index (χ3n) is 7.62. The van der Waals surface area contributed by atoms with Crippen molar-refractivity contribution in [2.75, 3.05) is 0 Å². The number of ketones is 1. The molecule has 4 atom stereocenters. The monoisotopic (exact) mass is 424 g/mol. The Hall–Kier alpha value is -1.90. The summed E-state index contributed by atoms with van der Waals surface area (Å²) in [5.74, 6) is 1.45. The van der Waals surface area contributed by atoms with Crippen molar-refractivity contribution in [1.82, 2.24) is 0 Å². The Balaban J connectivity index is 1.49. The quantitative estimate of drug-likeness (QED) is 0.249. The Kier molecular flexibility index (Phi) is 8.51. The molecule has 3 nitrogen and oxygen atoms in total. The number of carbonyl (C=O) groups is 2. The van der Waals surface area contributed by atoms with Crippen LogP contribution in [0.2, 0.25) is 0 Å². The maximum atomic E-state index is 12.6. The number of hydrogen-bond donors (Lipinski definition) is 0. The highest BCUT2D eigenvalue weighted by atomic mass is 16.5. The van der Waals surface area contributed by atoms with E-state index in [1.807, 2.05) is 6.08 Å². The highest BCUT2D eigenvalue weighted by Crippen LogP contribution is 2.43. The van der Waals surface area contributed by atoms with Crippen molar-refractivity contribution >= 4 is 11.8 Å². The second kappa shape index (κ2) is 11.1. The van der Waals surface area contributed by atoms with Crippen LogP contribution in [0.4, 0.5) is 0 Å². The molecule has 3 heteroatoms. The summed E-state index contributed by atoms with van der Waals surface area (Å²) in [7, 11) is 0. The number of allylic oxidation sites excluding steroid dienone is 1. The van der Waals surface area contributed by atoms with E-state index in [0.717, 1.165) is 57.8 Å². The number of unbranched alkanes of at least 4 members (excludes halogenated alkanes) is 2. The van der Waals surface area contributed by atoms with Crippen molar-refractivity contribution in [3.05, 3.63) is 48.0 Å². The fourth-order valence-corrected chi connectivity index (χ4v) is 5.58. The molecule has 0 amide bonds. The first kappa shape index (κ1) is 23.8. The number of Topliss-reactive ketones (excluding diaryl/α,β-unsaturated/α-hetero) is 1. The fraction of sp³-hybridized carbons (Fsp3) is 0.643. The Morgan fingerprint density at radius 1 is 1.13 bits per heavy atom. The summed E-state index contributed by atoms with van der Waals surface area (Å²) in [6.07, 6.45) is 13.6. The molecular formula is C28H40O3. The number of rotatable bonds is 9. The molecule has 0 saturated heterocycles. The molecule has 0 radical (unpaired) electrons. The molecule has 0 N–H and O–H groups in total. The van der Waals surface area contributed by atoms with E-state index < -0.39 is 0 Å². The molecule has 1 aromatic carbocycles. The van der Waals surface area contributed by atoms with Crippen LogP contribution in [0.15, 0.2) is 42.5 Å². The number of hydrogen-bond acceptors (Lipinski definition) is 3. The van der Waals surface area contributed by atoms with E-state index in [0.29, 0.717) is 23.5 Å². The van der Waals surface area contributed by atoms with Crippen LogP contribution in [0.1, 0.15) is 90.5 Å². The summed E-state index contributed by atoms with van der Waals surface area (Å²) in [5.41, 5.74) is 1.28. The molecule has 0 aliphatic heterocycles. The smallest absolute Gasteiger partial charge is 0.330 e. The van der Waals surface area contributed by atoms with E-state index in [2.05, 4.69) is 51.1 Å². The van der Waals surface area contributed by atoms with Crippen LogP contribution in [0.5, 0.6) is 0 Å². The summed E-state index contributed by atoms with van der Waals surface area (Å²) in [5, 5.41) is 0. The third-order valence-corrected chi connectivity index (χ3v) is 7.62. The molecule has 3 rings (SSSR count). The molecular weight excluding hydrogens is 384 g/mol. The largest absolute Gasteiger partial charge is 0.459 e. The minimum Gasteiger partial charge on any atom is -0.459 e. The Morgan fingerprint density at radius 3 is 2.61 bits per heavy atom. The molecule has 0 aromatic heterocycles. The Morgan fingerprint density at radius 2 is 1.90 bits per heavy atom. The molecule has 0 spiro atoms. The summed E-state index contributed by atoms with van der Waals surface area (Å²) in [4.78, 5) is 24.3. The van der Waals surface area contributed by atoms with Crippen LogP contribution < -0.4 is 0 Å². The van der Waals surface area contributed by atoms with Crippen LogP contribution in [-0.2, 0) is 19.7 Å². The van der Waals surface area contributed by atoms with Gasteiger partial charge in [0, 0.05) is 24.3 Å². The summed E-state index contributed by atoms with van der Waals surface area (Å²) in [6.45, 7) is 6.83. The van der Waals surface area contributed by atoms with Crippen molar-refractivity contribution in [3.8, 4) is 0 Å². The normalized spacial score (nSPS) is 27.0. The van der Waals surface area contributed by atoms with E-state index >= 15 is 0 Å². The topological polar surface area (TPSA) is 43.4 Å². The van der Waals surface area contributed by atoms with Gasteiger partial charge in [-0.05, 0) is 61.8 Å². The highest BCUT2D eigenvalue weighted by Gasteiger charge is 2.41. The second-order valence-corrected chi connectivity index (χ2v) is 10.3. The lowest BCUT2D eigenvalue weighted by atomic mass is 9.64. The van der Waals surface area contributed by atoms with E-state index in [-0.39, 0.29) is 17.5 Å². The molecule has 2 aliphatic carbocycles. The maximum absolute atomic E-state index is 12.6. The van der Waals surface area contributed by atoms with Gasteiger partial charge < -0.3 is 4.74 Å². The van der Waals surface area contributed by atoms with Crippen molar-refractivity contribution in [3.63, 3.8) is 0 Å². The van der Waals surface area contributed by atoms with E-state index in [1.54, 1.807) is 6.08 Å². The summed E-state index contributed by atoms with van der Waals surface area (Å²) >= 11 is 0. The van der Waals surface area contributed by atoms with E-state index in [1.165, 1.54) is 12.0 Å². The van der Waals surface area contributed by atoms with Crippen molar-refractivity contribution < 1.29 is 14.3 Å². The number of ether oxygens (including phenoxy) is 1. The zero-order valence-corrected chi connectivity index (χ0v) is 19.6. The van der Waals surface area contributed by atoms with Crippen LogP contribution >= 0.6 is 0 Å². The maximum Gasteiger partial charge on any atom is 0.330 e. The third kappa shape index (κ3) is 6.54. The minimum absolute atomic E-state index is 0.0340. The molecule has 170 valence electrons. The summed E-state index contributed by atoms with van der Waals surface area (Å²) in [6, 6.07) is 10.6. The van der Waals surface area contributed by atoms with Gasteiger partial charge in [-0.3, -0.25) is 4.79 Å². The van der Waals surface area contributed by atoms with Crippen molar-refractivity contribution in [2.24, 2.45) is 17.8 Å². The predicted molar refractivity (Wildman–Crippen MR) is 126 cm³/mol. The average molecular weight is 425 g/mol. The number of carbonyl (C=O) groups excluding carboxylic acids is 2. The van der Waals surface area contributed by atoms with Gasteiger partial charge in [0.2, 0.25) is 0 Å². The molecule has 0 bridgehead atoms. The molecule has 31 heavy (non-hydrogen) atoms. The molecule has 0 heterocycles. The lowest BCUT2D eigenvalue weighted by molar-refractivity contribution is -0.150. The van der Waals surface area contributed by atoms with Crippen LogP contribution in [0.3, 0.4) is 0 Å². The fourth-order valence-electron chi connectivity index (χ4n) is 5.58. The first-order chi connectivity index (χ1) is 14.9. The van der Waals surface area contributed by atoms with Gasteiger partial charge in [0.1, 0.15) is 11.9 Å². The van der Waals surface area contributed by atoms with Crippen molar-refractivity contribution in [1.29, 1.82) is 0 Å². The van der Waals surface area contributed by atoms with Crippen LogP contribution in [0.25, 0.3) is 0 Å². The molecule has 2 fully saturated rings. The van der Waals surface area contributed by atoms with Crippen LogP contribution in [-0.4, -0.2) is 17.9 Å². The van der Waals surface area contributed by atoms with Gasteiger partial charge in [-0.25, -0.2) is 4.79 Å². The predicted octanol–water partition coefficient (Wildman–Crippen LogP) is 6.80. The van der Waals surface area contributed by atoms with Gasteiger partial charge >= 0.3 is 5.97 Å². The lowest BCUT2D eigenvalue weighted by Crippen LogP contribution is -2.43. The lowest BCUT2D eigenvalue weighted by Gasteiger charge is -2.43. The molecule has 2 saturated carbocycles. The number of benzene rings is 1. The molecule has 2 aliphatic rings. The van der Waals surface area contributed by atoms with E-state index in [4.69, 9.17) is 4.74 Å². The van der Waals surface area contributed by atoms with Gasteiger partial charge in [0.05, 0.1) is 0 Å². The minimum atomic E-state index is -0.209. The first-order valence-corrected chi connectivity index (χ1v) is 12.3. The Labute approximate surface area is 188 Å². The van der Waals surface area contributed by atoms with Gasteiger partial charge in [-0.1, -0.05) is 70.0 Å². The highest BCUT2D eigenvalue weighted by molar-refractivity contribution is 5.82. The number of esters is 1. The standard InChI is InChI=1S/C28H40O3/c1-21-18-19-24(28(2,3)23-14-8-6-9-15-23)26(20-21)31-27(30)17-10-5-4-7-12-22-13-11-16-25(22)29/h6,8-10,14-15,17,21-22,24,26H,4-5,7,11-13,16,18-20H2,1-3H3/b17-10+/t21-,22?,24-,26-/m1/s1. The van der Waals surface area contributed by atoms with Gasteiger partial charge in [0.25, 0.3) is 0 Å². The van der Waals surface area contributed by atoms with Gasteiger partial charge in [-0.2, -0.15) is 0 Å². The van der Waals surface area contributed by atoms with Gasteiger partial charge in [0.15, 0.2) is 0 Å².